The summed E-state index contributed by atoms with van der Waals surface area (Å²) in [5, 5.41) is 0. The fourth-order valence-corrected chi connectivity index (χ4v) is 14.4. The van der Waals surface area contributed by atoms with Crippen molar-refractivity contribution < 1.29 is 14.0 Å². The van der Waals surface area contributed by atoms with Crippen LogP contribution in [0, 0.1) is 5.41 Å². The standard InChI is InChI=1S/C27H46O3S2Si/c1-20(2)33(21(3)4,22(5)6)30-24(14-15-28)18-25(27(7,8)26-31-16-17-32-26)29-19-23-12-10-9-11-13-23/h9-13,15,20-22,24-26H,14,16-19H2,1-8H3/t24-,25+/m1/s1. The van der Waals surface area contributed by atoms with Gasteiger partial charge in [-0.05, 0) is 28.6 Å². The number of thioether (sulfide) groups is 2. The molecule has 0 amide bonds. The minimum atomic E-state index is -2.10. The van der Waals surface area contributed by atoms with Crippen LogP contribution >= 0.6 is 23.5 Å². The van der Waals surface area contributed by atoms with Crippen LogP contribution in [0.5, 0.6) is 0 Å². The molecule has 1 heterocycles. The van der Waals surface area contributed by atoms with E-state index in [9.17, 15) is 4.79 Å². The van der Waals surface area contributed by atoms with E-state index in [1.807, 2.05) is 29.6 Å². The maximum atomic E-state index is 11.8. The molecule has 0 radical (unpaired) electrons. The summed E-state index contributed by atoms with van der Waals surface area (Å²) in [6, 6.07) is 10.4. The molecule has 1 saturated heterocycles. The summed E-state index contributed by atoms with van der Waals surface area (Å²) in [7, 11) is -2.10. The third-order valence-electron chi connectivity index (χ3n) is 7.27. The lowest BCUT2D eigenvalue weighted by molar-refractivity contribution is -0.110. The van der Waals surface area contributed by atoms with Gasteiger partial charge >= 0.3 is 0 Å². The Balaban J connectivity index is 2.31. The molecule has 188 valence electrons. The second kappa shape index (κ2) is 13.2. The minimum Gasteiger partial charge on any atom is -0.413 e. The number of ether oxygens (including phenoxy) is 1. The zero-order chi connectivity index (χ0) is 24.6. The average Bonchev–Trinajstić information content (AvgIpc) is 3.30. The van der Waals surface area contributed by atoms with Gasteiger partial charge in [0.05, 0.1) is 23.4 Å². The molecule has 6 heteroatoms. The lowest BCUT2D eigenvalue weighted by Crippen LogP contribution is -2.51. The SMILES string of the molecule is CC(C)[Si](O[C@H](CC=O)C[C@H](OCc1ccccc1)C(C)(C)C1SCCS1)(C(C)C)C(C)C. The van der Waals surface area contributed by atoms with E-state index < -0.39 is 8.32 Å². The highest BCUT2D eigenvalue weighted by molar-refractivity contribution is 8.20. The monoisotopic (exact) mass is 510 g/mol. The van der Waals surface area contributed by atoms with Crippen molar-refractivity contribution >= 4 is 38.1 Å². The van der Waals surface area contributed by atoms with Gasteiger partial charge in [-0.2, -0.15) is 0 Å². The Bertz CT molecular complexity index is 681. The molecule has 0 spiro atoms. The van der Waals surface area contributed by atoms with Crippen molar-refractivity contribution in [1.29, 1.82) is 0 Å². The third-order valence-corrected chi connectivity index (χ3v) is 17.2. The fraction of sp³-hybridized carbons (Fsp3) is 0.741. The first-order valence-corrected chi connectivity index (χ1v) is 16.8. The molecule has 2 rings (SSSR count). The van der Waals surface area contributed by atoms with E-state index in [0.717, 1.165) is 12.7 Å². The van der Waals surface area contributed by atoms with Gasteiger partial charge in [-0.15, -0.1) is 23.5 Å². The largest absolute Gasteiger partial charge is 0.413 e. The summed E-state index contributed by atoms with van der Waals surface area (Å²) in [5.74, 6) is 2.39. The van der Waals surface area contributed by atoms with E-state index in [4.69, 9.17) is 9.16 Å². The van der Waals surface area contributed by atoms with Crippen molar-refractivity contribution in [3.8, 4) is 0 Å². The van der Waals surface area contributed by atoms with Crippen LogP contribution in [-0.2, 0) is 20.6 Å². The topological polar surface area (TPSA) is 35.5 Å². The van der Waals surface area contributed by atoms with Gasteiger partial charge in [-0.25, -0.2) is 0 Å². The lowest BCUT2D eigenvalue weighted by Gasteiger charge is -2.46. The Morgan fingerprint density at radius 1 is 1.00 bits per heavy atom. The van der Waals surface area contributed by atoms with E-state index in [2.05, 4.69) is 79.7 Å². The molecular weight excluding hydrogens is 465 g/mol. The molecule has 1 aromatic rings. The molecule has 1 fully saturated rings. The van der Waals surface area contributed by atoms with E-state index >= 15 is 0 Å². The maximum absolute atomic E-state index is 11.8. The Hall–Kier alpha value is -0.273. The zero-order valence-electron chi connectivity index (χ0n) is 22.0. The first kappa shape index (κ1) is 29.0. The van der Waals surface area contributed by atoms with Crippen molar-refractivity contribution in [2.24, 2.45) is 5.41 Å². The predicted molar refractivity (Wildman–Crippen MR) is 149 cm³/mol. The highest BCUT2D eigenvalue weighted by Gasteiger charge is 2.48. The molecular formula is C27H46O3S2Si. The molecule has 0 aromatic heterocycles. The quantitative estimate of drug-likeness (QED) is 0.187. The summed E-state index contributed by atoms with van der Waals surface area (Å²) in [5.41, 5.74) is 2.63. The van der Waals surface area contributed by atoms with Crippen molar-refractivity contribution in [2.45, 2.75) is 108 Å². The number of aldehydes is 1. The summed E-state index contributed by atoms with van der Waals surface area (Å²) >= 11 is 4.10. The number of carbonyl (C=O) groups is 1. The number of hydrogen-bond donors (Lipinski definition) is 0. The zero-order valence-corrected chi connectivity index (χ0v) is 24.6. The van der Waals surface area contributed by atoms with Crippen LogP contribution in [0.1, 0.15) is 73.8 Å². The second-order valence-corrected chi connectivity index (χ2v) is 19.0. The summed E-state index contributed by atoms with van der Waals surface area (Å²) in [6.07, 6.45) is 2.16. The molecule has 0 aliphatic carbocycles. The molecule has 0 bridgehead atoms. The van der Waals surface area contributed by atoms with Crippen LogP contribution in [-0.4, -0.2) is 42.9 Å². The average molecular weight is 511 g/mol. The van der Waals surface area contributed by atoms with Gasteiger partial charge in [0.2, 0.25) is 8.32 Å². The molecule has 0 N–H and O–H groups in total. The summed E-state index contributed by atoms with van der Waals surface area (Å²) < 4.78 is 14.3. The van der Waals surface area contributed by atoms with Crippen molar-refractivity contribution in [3.63, 3.8) is 0 Å². The van der Waals surface area contributed by atoms with Gasteiger partial charge in [-0.3, -0.25) is 0 Å². The Morgan fingerprint density at radius 2 is 1.55 bits per heavy atom. The third kappa shape index (κ3) is 7.36. The van der Waals surface area contributed by atoms with Crippen molar-refractivity contribution in [1.82, 2.24) is 0 Å². The lowest BCUT2D eigenvalue weighted by atomic mass is 9.84. The first-order valence-electron chi connectivity index (χ1n) is 12.6. The normalized spacial score (nSPS) is 17.8. The first-order chi connectivity index (χ1) is 15.6. The van der Waals surface area contributed by atoms with Gasteiger partial charge in [0.15, 0.2) is 0 Å². The van der Waals surface area contributed by atoms with Gasteiger partial charge in [0.25, 0.3) is 0 Å². The molecule has 0 saturated carbocycles. The van der Waals surface area contributed by atoms with Crippen LogP contribution in [0.2, 0.25) is 16.6 Å². The van der Waals surface area contributed by atoms with Crippen LogP contribution in [0.4, 0.5) is 0 Å². The van der Waals surface area contributed by atoms with E-state index in [1.165, 1.54) is 17.1 Å². The molecule has 1 aliphatic heterocycles. The van der Waals surface area contributed by atoms with Crippen LogP contribution in [0.15, 0.2) is 30.3 Å². The molecule has 3 nitrogen and oxygen atoms in total. The number of hydrogen-bond acceptors (Lipinski definition) is 5. The van der Waals surface area contributed by atoms with Gasteiger partial charge in [-0.1, -0.05) is 85.7 Å². The molecule has 0 unspecified atom stereocenters. The molecule has 33 heavy (non-hydrogen) atoms. The highest BCUT2D eigenvalue weighted by Crippen LogP contribution is 2.49. The van der Waals surface area contributed by atoms with Crippen molar-refractivity contribution in [2.75, 3.05) is 11.5 Å². The van der Waals surface area contributed by atoms with E-state index in [-0.39, 0.29) is 17.6 Å². The fourth-order valence-electron chi connectivity index (χ4n) is 5.53. The highest BCUT2D eigenvalue weighted by atomic mass is 32.2. The number of benzene rings is 1. The van der Waals surface area contributed by atoms with E-state index in [0.29, 0.717) is 34.2 Å². The predicted octanol–water partition coefficient (Wildman–Crippen LogP) is 7.94. The Labute approximate surface area is 212 Å². The Morgan fingerprint density at radius 3 is 2.03 bits per heavy atom. The maximum Gasteiger partial charge on any atom is 0.200 e. The smallest absolute Gasteiger partial charge is 0.200 e. The van der Waals surface area contributed by atoms with Crippen LogP contribution < -0.4 is 0 Å². The van der Waals surface area contributed by atoms with Crippen molar-refractivity contribution in [3.05, 3.63) is 35.9 Å². The minimum absolute atomic E-state index is 0.0175. The molecule has 2 atom stereocenters. The number of rotatable bonds is 14. The van der Waals surface area contributed by atoms with Gasteiger partial charge in [0.1, 0.15) is 6.29 Å². The van der Waals surface area contributed by atoms with Gasteiger partial charge < -0.3 is 14.0 Å². The van der Waals surface area contributed by atoms with Crippen LogP contribution in [0.3, 0.4) is 0 Å². The second-order valence-electron chi connectivity index (χ2n) is 10.9. The van der Waals surface area contributed by atoms with Crippen LogP contribution in [0.25, 0.3) is 0 Å². The van der Waals surface area contributed by atoms with E-state index in [1.54, 1.807) is 0 Å². The summed E-state index contributed by atoms with van der Waals surface area (Å²) in [4.78, 5) is 11.8. The Kier molecular flexibility index (Phi) is 11.5. The van der Waals surface area contributed by atoms with Gasteiger partial charge in [0, 0.05) is 23.3 Å². The molecule has 1 aliphatic rings. The molecule has 1 aromatic carbocycles. The summed E-state index contributed by atoms with van der Waals surface area (Å²) in [6.45, 7) is 19.1. The number of carbonyl (C=O) groups excluding carboxylic acids is 1.